The number of hydrogen-bond donors (Lipinski definition) is 0. The molecule has 0 N–H and O–H groups in total. The Balaban J connectivity index is 1.58. The number of hydrogen-bond acceptors (Lipinski definition) is 3. The second-order valence-electron chi connectivity index (χ2n) is 10.2. The van der Waals surface area contributed by atoms with Crippen LogP contribution in [0.1, 0.15) is 0 Å². The van der Waals surface area contributed by atoms with Crippen molar-refractivity contribution < 1.29 is 0 Å². The van der Waals surface area contributed by atoms with Gasteiger partial charge in [0.05, 0.1) is 26.8 Å². The number of thiophene rings is 1. The van der Waals surface area contributed by atoms with Gasteiger partial charge in [-0.05, 0) is 35.0 Å². The molecule has 0 aliphatic rings. The molecule has 0 atom stereocenters. The van der Waals surface area contributed by atoms with Gasteiger partial charge < -0.3 is 0 Å². The highest BCUT2D eigenvalue weighted by molar-refractivity contribution is 7.27. The highest BCUT2D eigenvalue weighted by atomic mass is 32.1. The molecule has 9 aromatic rings. The normalized spacial score (nSPS) is 12.0. The lowest BCUT2D eigenvalue weighted by Crippen LogP contribution is -2.03. The number of rotatable bonds is 2. The maximum absolute atomic E-state index is 5.34. The summed E-state index contributed by atoms with van der Waals surface area (Å²) in [5.74, 6) is 0.852. The van der Waals surface area contributed by atoms with Crippen LogP contribution in [0.5, 0.6) is 0 Å². The van der Waals surface area contributed by atoms with E-state index in [1.807, 2.05) is 35.6 Å². The van der Waals surface area contributed by atoms with Gasteiger partial charge in [0.1, 0.15) is 5.69 Å². The molecular weight excluding hydrogens is 506 g/mol. The monoisotopic (exact) mass is 527 g/mol. The molecule has 0 fully saturated rings. The Labute approximate surface area is 233 Å². The van der Waals surface area contributed by atoms with Crippen molar-refractivity contribution in [3.63, 3.8) is 0 Å². The van der Waals surface area contributed by atoms with Gasteiger partial charge in [-0.15, -0.1) is 11.3 Å². The third kappa shape index (κ3) is 2.94. The molecule has 3 nitrogen and oxygen atoms in total. The second kappa shape index (κ2) is 8.22. The van der Waals surface area contributed by atoms with Crippen LogP contribution in [0.15, 0.2) is 127 Å². The molecular formula is C36H21N3S. The lowest BCUT2D eigenvalue weighted by Gasteiger charge is -2.14. The Morgan fingerprint density at radius 1 is 0.500 bits per heavy atom. The molecule has 186 valence electrons. The summed E-state index contributed by atoms with van der Waals surface area (Å²) >= 11 is 1.87. The number of nitrogens with zero attached hydrogens (tertiary/aromatic N) is 3. The molecule has 6 aromatic carbocycles. The summed E-state index contributed by atoms with van der Waals surface area (Å²) in [5.41, 5.74) is 6.03. The molecule has 0 spiro atoms. The minimum absolute atomic E-state index is 0.852. The third-order valence-corrected chi connectivity index (χ3v) is 9.14. The van der Waals surface area contributed by atoms with Crippen molar-refractivity contribution in [2.45, 2.75) is 0 Å². The van der Waals surface area contributed by atoms with E-state index in [1.165, 1.54) is 47.2 Å². The Bertz CT molecular complexity index is 2430. The highest BCUT2D eigenvalue weighted by Crippen LogP contribution is 2.48. The van der Waals surface area contributed by atoms with Crippen LogP contribution in [-0.4, -0.2) is 14.5 Å². The summed E-state index contributed by atoms with van der Waals surface area (Å²) in [5, 5.41) is 7.64. The van der Waals surface area contributed by atoms with E-state index in [2.05, 4.69) is 108 Å². The molecule has 0 saturated carbocycles. The van der Waals surface area contributed by atoms with Gasteiger partial charge in [0.25, 0.3) is 0 Å². The fourth-order valence-corrected chi connectivity index (χ4v) is 7.54. The zero-order valence-electron chi connectivity index (χ0n) is 21.4. The molecule has 3 heterocycles. The van der Waals surface area contributed by atoms with Gasteiger partial charge in [0, 0.05) is 31.8 Å². The van der Waals surface area contributed by atoms with Crippen LogP contribution in [0.3, 0.4) is 0 Å². The average molecular weight is 528 g/mol. The predicted octanol–water partition coefficient (Wildman–Crippen LogP) is 9.91. The van der Waals surface area contributed by atoms with Gasteiger partial charge in [-0.3, -0.25) is 4.57 Å². The van der Waals surface area contributed by atoms with Crippen molar-refractivity contribution in [3.05, 3.63) is 127 Å². The SMILES string of the molecule is c1ccc(-c2nc3ccccc3nc2-n2c3ccccc3c3c4ccccc4c4c5ccccc5sc4c32)cc1. The van der Waals surface area contributed by atoms with Crippen LogP contribution in [0.25, 0.3) is 80.9 Å². The summed E-state index contributed by atoms with van der Waals surface area (Å²) in [6.07, 6.45) is 0. The highest BCUT2D eigenvalue weighted by Gasteiger charge is 2.24. The van der Waals surface area contributed by atoms with E-state index in [1.54, 1.807) is 0 Å². The molecule has 0 radical (unpaired) electrons. The first-order valence-corrected chi connectivity index (χ1v) is 14.3. The van der Waals surface area contributed by atoms with Gasteiger partial charge in [-0.2, -0.15) is 0 Å². The zero-order chi connectivity index (χ0) is 26.2. The van der Waals surface area contributed by atoms with E-state index < -0.39 is 0 Å². The minimum Gasteiger partial charge on any atom is -0.290 e. The molecule has 3 aromatic heterocycles. The maximum atomic E-state index is 5.34. The van der Waals surface area contributed by atoms with E-state index in [0.717, 1.165) is 33.6 Å². The minimum atomic E-state index is 0.852. The Hall–Kier alpha value is -5.06. The number of fused-ring (bicyclic) bond motifs is 11. The standard InChI is InChI=1S/C36H21N3S/c1-2-12-22(13-3-1)33-36(38-28-19-9-8-18-27(28)37-33)39-29-20-10-6-16-25(29)31-23-14-4-5-15-24(23)32-26-17-7-11-21-30(26)40-35(32)34(31)39/h1-21H. The summed E-state index contributed by atoms with van der Waals surface area (Å²) in [4.78, 5) is 10.6. The maximum Gasteiger partial charge on any atom is 0.165 e. The number of para-hydroxylation sites is 3. The summed E-state index contributed by atoms with van der Waals surface area (Å²) in [6.45, 7) is 0. The Kier molecular flexibility index (Phi) is 4.48. The van der Waals surface area contributed by atoms with Crippen molar-refractivity contribution in [2.24, 2.45) is 0 Å². The number of benzene rings is 6. The van der Waals surface area contributed by atoms with Crippen molar-refractivity contribution >= 4 is 75.1 Å². The molecule has 0 aliphatic carbocycles. The van der Waals surface area contributed by atoms with Gasteiger partial charge in [-0.25, -0.2) is 9.97 Å². The molecule has 40 heavy (non-hydrogen) atoms. The third-order valence-electron chi connectivity index (χ3n) is 7.96. The van der Waals surface area contributed by atoms with Crippen LogP contribution in [0, 0.1) is 0 Å². The topological polar surface area (TPSA) is 30.7 Å². The first kappa shape index (κ1) is 21.8. The van der Waals surface area contributed by atoms with Crippen molar-refractivity contribution in [1.29, 1.82) is 0 Å². The fourth-order valence-electron chi connectivity index (χ4n) is 6.28. The Morgan fingerprint density at radius 2 is 1.10 bits per heavy atom. The van der Waals surface area contributed by atoms with Crippen LogP contribution < -0.4 is 0 Å². The van der Waals surface area contributed by atoms with E-state index in [0.29, 0.717) is 0 Å². The van der Waals surface area contributed by atoms with Crippen molar-refractivity contribution in [2.75, 3.05) is 0 Å². The summed E-state index contributed by atoms with van der Waals surface area (Å²) in [7, 11) is 0. The first-order chi connectivity index (χ1) is 19.9. The van der Waals surface area contributed by atoms with Gasteiger partial charge >= 0.3 is 0 Å². The van der Waals surface area contributed by atoms with Gasteiger partial charge in [0.2, 0.25) is 0 Å². The summed E-state index contributed by atoms with van der Waals surface area (Å²) < 4.78 is 4.94. The lowest BCUT2D eigenvalue weighted by molar-refractivity contribution is 1.08. The van der Waals surface area contributed by atoms with E-state index in [9.17, 15) is 0 Å². The van der Waals surface area contributed by atoms with Crippen molar-refractivity contribution in [1.82, 2.24) is 14.5 Å². The molecule has 0 amide bonds. The van der Waals surface area contributed by atoms with Crippen LogP contribution in [-0.2, 0) is 0 Å². The van der Waals surface area contributed by atoms with E-state index in [-0.39, 0.29) is 0 Å². The molecule has 0 bridgehead atoms. The first-order valence-electron chi connectivity index (χ1n) is 13.4. The molecule has 0 unspecified atom stereocenters. The summed E-state index contributed by atoms with van der Waals surface area (Å²) in [6, 6.07) is 44.9. The Morgan fingerprint density at radius 3 is 1.90 bits per heavy atom. The molecule has 0 saturated heterocycles. The van der Waals surface area contributed by atoms with E-state index >= 15 is 0 Å². The van der Waals surface area contributed by atoms with Crippen LogP contribution in [0.4, 0.5) is 0 Å². The quantitative estimate of drug-likeness (QED) is 0.224. The molecule has 0 aliphatic heterocycles. The average Bonchev–Trinajstić information content (AvgIpc) is 3.58. The zero-order valence-corrected chi connectivity index (χ0v) is 22.2. The van der Waals surface area contributed by atoms with E-state index in [4.69, 9.17) is 9.97 Å². The number of aromatic nitrogens is 3. The molecule has 9 rings (SSSR count). The second-order valence-corrected chi connectivity index (χ2v) is 11.2. The van der Waals surface area contributed by atoms with Gasteiger partial charge in [0.15, 0.2) is 5.82 Å². The largest absolute Gasteiger partial charge is 0.290 e. The van der Waals surface area contributed by atoms with Crippen molar-refractivity contribution in [3.8, 4) is 17.1 Å². The molecule has 4 heteroatoms. The predicted molar refractivity (Wildman–Crippen MR) is 170 cm³/mol. The smallest absolute Gasteiger partial charge is 0.165 e. The van der Waals surface area contributed by atoms with Crippen LogP contribution >= 0.6 is 11.3 Å². The fraction of sp³-hybridized carbons (Fsp3) is 0. The van der Waals surface area contributed by atoms with Gasteiger partial charge in [-0.1, -0.05) is 103 Å². The van der Waals surface area contributed by atoms with Crippen LogP contribution in [0.2, 0.25) is 0 Å². The lowest BCUT2D eigenvalue weighted by atomic mass is 9.99.